The number of aryl methyl sites for hydroxylation is 2. The number of hydrogen-bond donors (Lipinski definition) is 2. The molecule has 0 radical (unpaired) electrons. The average Bonchev–Trinajstić information content (AvgIpc) is 2.91. The summed E-state index contributed by atoms with van der Waals surface area (Å²) in [6, 6.07) is 6.81. The van der Waals surface area contributed by atoms with E-state index in [1.54, 1.807) is 24.3 Å². The summed E-state index contributed by atoms with van der Waals surface area (Å²) in [7, 11) is 0. The largest absolute Gasteiger partial charge is 0.482 e. The number of carboxylic acids is 1. The summed E-state index contributed by atoms with van der Waals surface area (Å²) in [6.45, 7) is 7.21. The maximum absolute atomic E-state index is 12.3. The molecule has 1 heterocycles. The second kappa shape index (κ2) is 8.51. The molecule has 2 unspecified atom stereocenters. The van der Waals surface area contributed by atoms with Crippen molar-refractivity contribution in [1.82, 2.24) is 10.5 Å². The van der Waals surface area contributed by atoms with Crippen molar-refractivity contribution in [1.29, 1.82) is 0 Å². The Hall–Kier alpha value is -2.83. The first-order chi connectivity index (χ1) is 12.3. The fourth-order valence-corrected chi connectivity index (χ4v) is 2.96. The summed E-state index contributed by atoms with van der Waals surface area (Å²) in [5.74, 6) is 0.146. The van der Waals surface area contributed by atoms with Crippen molar-refractivity contribution < 1.29 is 24.0 Å². The van der Waals surface area contributed by atoms with Gasteiger partial charge in [0.2, 0.25) is 5.91 Å². The lowest BCUT2D eigenvalue weighted by atomic mass is 9.95. The van der Waals surface area contributed by atoms with Gasteiger partial charge in [0.15, 0.2) is 6.61 Å². The van der Waals surface area contributed by atoms with E-state index in [0.717, 1.165) is 22.6 Å². The van der Waals surface area contributed by atoms with Crippen molar-refractivity contribution in [3.05, 3.63) is 46.8 Å². The summed E-state index contributed by atoms with van der Waals surface area (Å²) in [4.78, 5) is 22.8. The molecule has 1 aromatic carbocycles. The van der Waals surface area contributed by atoms with Crippen molar-refractivity contribution in [2.45, 2.75) is 46.1 Å². The summed E-state index contributed by atoms with van der Waals surface area (Å²) in [6.07, 6.45) is 0.340. The van der Waals surface area contributed by atoms with Crippen LogP contribution < -0.4 is 10.1 Å². The van der Waals surface area contributed by atoms with Crippen molar-refractivity contribution in [3.63, 3.8) is 0 Å². The van der Waals surface area contributed by atoms with Gasteiger partial charge in [-0.05, 0) is 44.4 Å². The molecule has 0 aliphatic carbocycles. The van der Waals surface area contributed by atoms with Gasteiger partial charge in [0.05, 0.1) is 11.7 Å². The lowest BCUT2D eigenvalue weighted by Crippen LogP contribution is -2.27. The van der Waals surface area contributed by atoms with Crippen LogP contribution >= 0.6 is 0 Å². The number of aliphatic carboxylic acids is 1. The van der Waals surface area contributed by atoms with E-state index in [1.165, 1.54) is 0 Å². The molecule has 2 aromatic rings. The minimum Gasteiger partial charge on any atom is -0.482 e. The van der Waals surface area contributed by atoms with Crippen LogP contribution in [-0.4, -0.2) is 28.7 Å². The lowest BCUT2D eigenvalue weighted by Gasteiger charge is -2.17. The molecule has 2 atom stereocenters. The van der Waals surface area contributed by atoms with Gasteiger partial charge in [0.1, 0.15) is 11.5 Å². The van der Waals surface area contributed by atoms with Crippen molar-refractivity contribution in [3.8, 4) is 5.75 Å². The van der Waals surface area contributed by atoms with Crippen molar-refractivity contribution in [2.75, 3.05) is 6.61 Å². The molecule has 0 spiro atoms. The van der Waals surface area contributed by atoms with E-state index in [4.69, 9.17) is 14.4 Å². The fraction of sp³-hybridized carbons (Fsp3) is 0.421. The number of ether oxygens (including phenoxy) is 1. The summed E-state index contributed by atoms with van der Waals surface area (Å²) < 4.78 is 10.3. The van der Waals surface area contributed by atoms with E-state index in [0.29, 0.717) is 12.2 Å². The van der Waals surface area contributed by atoms with Crippen LogP contribution in [-0.2, 0) is 9.59 Å². The number of rotatable bonds is 8. The molecule has 0 bridgehead atoms. The molecule has 140 valence electrons. The van der Waals surface area contributed by atoms with E-state index >= 15 is 0 Å². The van der Waals surface area contributed by atoms with Crippen LogP contribution in [0.15, 0.2) is 28.8 Å². The highest BCUT2D eigenvalue weighted by Crippen LogP contribution is 2.26. The zero-order chi connectivity index (χ0) is 19.3. The SMILES string of the molecule is Cc1noc(C)c1C(C)CC(=O)NC(C)c1ccc(OCC(=O)O)cc1. The van der Waals surface area contributed by atoms with Crippen LogP contribution in [0.3, 0.4) is 0 Å². The van der Waals surface area contributed by atoms with Gasteiger partial charge in [-0.15, -0.1) is 0 Å². The number of nitrogens with zero attached hydrogens (tertiary/aromatic N) is 1. The van der Waals surface area contributed by atoms with E-state index in [-0.39, 0.29) is 24.5 Å². The van der Waals surface area contributed by atoms with Gasteiger partial charge >= 0.3 is 5.97 Å². The standard InChI is InChI=1S/C19H24N2O5/c1-11(19-13(3)21-26-14(19)4)9-17(22)20-12(2)15-5-7-16(8-6-15)25-10-18(23)24/h5-8,11-12H,9-10H2,1-4H3,(H,20,22)(H,23,24). The minimum atomic E-state index is -1.03. The van der Waals surface area contributed by atoms with Crippen LogP contribution in [0.25, 0.3) is 0 Å². The van der Waals surface area contributed by atoms with Gasteiger partial charge in [-0.1, -0.05) is 24.2 Å². The van der Waals surface area contributed by atoms with Gasteiger partial charge < -0.3 is 19.7 Å². The van der Waals surface area contributed by atoms with E-state index in [9.17, 15) is 9.59 Å². The monoisotopic (exact) mass is 360 g/mol. The topological polar surface area (TPSA) is 102 Å². The summed E-state index contributed by atoms with van der Waals surface area (Å²) in [5.41, 5.74) is 2.70. The van der Waals surface area contributed by atoms with Crippen LogP contribution in [0, 0.1) is 13.8 Å². The molecular formula is C19H24N2O5. The van der Waals surface area contributed by atoms with Crippen LogP contribution in [0.2, 0.25) is 0 Å². The molecule has 1 amide bonds. The Kier molecular flexibility index (Phi) is 6.38. The van der Waals surface area contributed by atoms with E-state index in [2.05, 4.69) is 10.5 Å². The number of aromatic nitrogens is 1. The lowest BCUT2D eigenvalue weighted by molar-refractivity contribution is -0.139. The predicted molar refractivity (Wildman–Crippen MR) is 95.1 cm³/mol. The minimum absolute atomic E-state index is 0.0141. The molecule has 26 heavy (non-hydrogen) atoms. The number of carbonyl (C=O) groups excluding carboxylic acids is 1. The number of amides is 1. The van der Waals surface area contributed by atoms with Crippen molar-refractivity contribution >= 4 is 11.9 Å². The maximum atomic E-state index is 12.3. The van der Waals surface area contributed by atoms with Crippen LogP contribution in [0.5, 0.6) is 5.75 Å². The molecule has 0 aliphatic heterocycles. The fourth-order valence-electron chi connectivity index (χ4n) is 2.96. The molecule has 1 aromatic heterocycles. The Morgan fingerprint density at radius 1 is 1.23 bits per heavy atom. The molecule has 0 saturated carbocycles. The first-order valence-electron chi connectivity index (χ1n) is 8.44. The Balaban J connectivity index is 1.91. The van der Waals surface area contributed by atoms with Gasteiger partial charge in [-0.3, -0.25) is 4.79 Å². The highest BCUT2D eigenvalue weighted by molar-refractivity contribution is 5.77. The number of benzene rings is 1. The van der Waals surface area contributed by atoms with Crippen LogP contribution in [0.4, 0.5) is 0 Å². The van der Waals surface area contributed by atoms with Crippen molar-refractivity contribution in [2.24, 2.45) is 0 Å². The predicted octanol–water partition coefficient (Wildman–Crippen LogP) is 3.13. The number of hydrogen-bond acceptors (Lipinski definition) is 5. The molecule has 2 N–H and O–H groups in total. The van der Waals surface area contributed by atoms with Gasteiger partial charge in [-0.25, -0.2) is 4.79 Å². The third-order valence-electron chi connectivity index (χ3n) is 4.19. The zero-order valence-corrected chi connectivity index (χ0v) is 15.4. The molecule has 0 fully saturated rings. The van der Waals surface area contributed by atoms with E-state index in [1.807, 2.05) is 27.7 Å². The highest BCUT2D eigenvalue weighted by atomic mass is 16.5. The molecule has 7 nitrogen and oxygen atoms in total. The second-order valence-electron chi connectivity index (χ2n) is 6.38. The first kappa shape index (κ1) is 19.5. The summed E-state index contributed by atoms with van der Waals surface area (Å²) >= 11 is 0. The summed E-state index contributed by atoms with van der Waals surface area (Å²) in [5, 5.41) is 15.5. The number of carboxylic acid groups (broad SMARTS) is 1. The first-order valence-corrected chi connectivity index (χ1v) is 8.44. The Morgan fingerprint density at radius 3 is 2.42 bits per heavy atom. The third-order valence-corrected chi connectivity index (χ3v) is 4.19. The Labute approximate surface area is 152 Å². The van der Waals surface area contributed by atoms with Gasteiger partial charge in [0, 0.05) is 12.0 Å². The normalized spacial score (nSPS) is 13.1. The number of carbonyl (C=O) groups is 2. The maximum Gasteiger partial charge on any atom is 0.341 e. The Bertz CT molecular complexity index is 747. The highest BCUT2D eigenvalue weighted by Gasteiger charge is 2.20. The second-order valence-corrected chi connectivity index (χ2v) is 6.38. The third kappa shape index (κ3) is 5.08. The molecular weight excluding hydrogens is 336 g/mol. The van der Waals surface area contributed by atoms with Crippen LogP contribution in [0.1, 0.15) is 54.8 Å². The molecule has 0 aliphatic rings. The number of nitrogens with one attached hydrogen (secondary N) is 1. The molecule has 7 heteroatoms. The Morgan fingerprint density at radius 2 is 1.88 bits per heavy atom. The van der Waals surface area contributed by atoms with E-state index < -0.39 is 5.97 Å². The average molecular weight is 360 g/mol. The quantitative estimate of drug-likeness (QED) is 0.750. The smallest absolute Gasteiger partial charge is 0.341 e. The molecule has 0 saturated heterocycles. The van der Waals surface area contributed by atoms with Gasteiger partial charge in [0.25, 0.3) is 0 Å². The molecule has 2 rings (SSSR count). The zero-order valence-electron chi connectivity index (χ0n) is 15.4. The van der Waals surface area contributed by atoms with Gasteiger partial charge in [-0.2, -0.15) is 0 Å².